The quantitative estimate of drug-likeness (QED) is 0.850. The van der Waals surface area contributed by atoms with Crippen molar-refractivity contribution in [3.8, 4) is 5.75 Å². The monoisotopic (exact) mass is 232 g/mol. The Labute approximate surface area is 100 Å². The van der Waals surface area contributed by atoms with E-state index >= 15 is 0 Å². The van der Waals surface area contributed by atoms with E-state index in [1.807, 2.05) is 38.2 Å². The molecule has 0 unspecified atom stereocenters. The summed E-state index contributed by atoms with van der Waals surface area (Å²) in [4.78, 5) is 0. The van der Waals surface area contributed by atoms with Gasteiger partial charge in [-0.15, -0.1) is 0 Å². The highest BCUT2D eigenvalue weighted by molar-refractivity contribution is 5.71. The summed E-state index contributed by atoms with van der Waals surface area (Å²) < 4.78 is 6.89. The molecule has 1 aromatic heterocycles. The first-order chi connectivity index (χ1) is 8.11. The van der Waals surface area contributed by atoms with Gasteiger partial charge < -0.3 is 15.8 Å². The summed E-state index contributed by atoms with van der Waals surface area (Å²) in [5.74, 6) is 1.59. The number of hydrogen-bond acceptors (Lipinski definition) is 4. The molecule has 2 aromatic rings. The summed E-state index contributed by atoms with van der Waals surface area (Å²) >= 11 is 0. The number of ether oxygens (including phenoxy) is 1. The Balaban J connectivity index is 2.31. The molecule has 5 nitrogen and oxygen atoms in total. The van der Waals surface area contributed by atoms with E-state index in [9.17, 15) is 0 Å². The smallest absolute Gasteiger partial charge is 0.152 e. The van der Waals surface area contributed by atoms with Gasteiger partial charge in [-0.05, 0) is 19.1 Å². The van der Waals surface area contributed by atoms with Crippen LogP contribution < -0.4 is 15.8 Å². The minimum Gasteiger partial charge on any atom is -0.497 e. The maximum Gasteiger partial charge on any atom is 0.152 e. The van der Waals surface area contributed by atoms with Crippen LogP contribution in [0.2, 0.25) is 0 Å². The third-order valence-corrected chi connectivity index (χ3v) is 2.60. The van der Waals surface area contributed by atoms with Crippen LogP contribution in [-0.4, -0.2) is 16.9 Å². The predicted octanol–water partition coefficient (Wildman–Crippen LogP) is 2.06. The second-order valence-corrected chi connectivity index (χ2v) is 3.83. The highest BCUT2D eigenvalue weighted by Crippen LogP contribution is 2.26. The Morgan fingerprint density at radius 2 is 2.18 bits per heavy atom. The van der Waals surface area contributed by atoms with Crippen LogP contribution in [0.4, 0.5) is 17.2 Å². The largest absolute Gasteiger partial charge is 0.497 e. The number of rotatable bonds is 3. The zero-order valence-corrected chi connectivity index (χ0v) is 10.2. The minimum absolute atomic E-state index is 0.662. The maximum atomic E-state index is 5.94. The zero-order valence-electron chi connectivity index (χ0n) is 10.2. The van der Waals surface area contributed by atoms with Crippen LogP contribution in [0.25, 0.3) is 0 Å². The molecule has 2 rings (SSSR count). The van der Waals surface area contributed by atoms with Crippen LogP contribution in [0.1, 0.15) is 5.69 Å². The molecule has 1 aromatic carbocycles. The molecule has 1 heterocycles. The minimum atomic E-state index is 0.662. The lowest BCUT2D eigenvalue weighted by Gasteiger charge is -2.09. The van der Waals surface area contributed by atoms with Crippen molar-refractivity contribution < 1.29 is 4.74 Å². The van der Waals surface area contributed by atoms with Gasteiger partial charge >= 0.3 is 0 Å². The van der Waals surface area contributed by atoms with Crippen molar-refractivity contribution in [2.75, 3.05) is 18.2 Å². The summed E-state index contributed by atoms with van der Waals surface area (Å²) in [6, 6.07) is 7.66. The van der Waals surface area contributed by atoms with Crippen molar-refractivity contribution in [3.05, 3.63) is 30.0 Å². The van der Waals surface area contributed by atoms with Crippen LogP contribution >= 0.6 is 0 Å². The van der Waals surface area contributed by atoms with Crippen molar-refractivity contribution in [1.82, 2.24) is 9.78 Å². The zero-order chi connectivity index (χ0) is 12.4. The third kappa shape index (κ3) is 2.18. The molecule has 0 fully saturated rings. The molecule has 17 heavy (non-hydrogen) atoms. The number of nitrogens with zero attached hydrogens (tertiary/aromatic N) is 2. The molecule has 0 spiro atoms. The fourth-order valence-electron chi connectivity index (χ4n) is 1.66. The molecular formula is C12H16N4O. The Hall–Kier alpha value is -2.17. The number of nitrogen functional groups attached to an aromatic ring is 1. The van der Waals surface area contributed by atoms with Gasteiger partial charge in [-0.3, -0.25) is 4.68 Å². The van der Waals surface area contributed by atoms with Crippen molar-refractivity contribution in [2.24, 2.45) is 7.05 Å². The normalized spacial score (nSPS) is 10.3. The number of benzene rings is 1. The Kier molecular flexibility index (Phi) is 2.91. The van der Waals surface area contributed by atoms with E-state index in [0.29, 0.717) is 5.69 Å². The molecule has 0 bridgehead atoms. The number of nitrogens with one attached hydrogen (secondary N) is 1. The first kappa shape index (κ1) is 11.3. The fourth-order valence-corrected chi connectivity index (χ4v) is 1.66. The van der Waals surface area contributed by atoms with Crippen LogP contribution in [0, 0.1) is 6.92 Å². The van der Waals surface area contributed by atoms with E-state index in [1.54, 1.807) is 11.8 Å². The molecule has 0 radical (unpaired) electrons. The number of aryl methyl sites for hydroxylation is 2. The lowest BCUT2D eigenvalue weighted by atomic mass is 10.3. The van der Waals surface area contributed by atoms with E-state index in [0.717, 1.165) is 22.9 Å². The molecule has 0 aliphatic rings. The summed E-state index contributed by atoms with van der Waals surface area (Å²) in [5, 5.41) is 7.48. The van der Waals surface area contributed by atoms with E-state index < -0.39 is 0 Å². The first-order valence-corrected chi connectivity index (χ1v) is 5.32. The average Bonchev–Trinajstić information content (AvgIpc) is 2.56. The predicted molar refractivity (Wildman–Crippen MR) is 68.6 cm³/mol. The van der Waals surface area contributed by atoms with E-state index in [-0.39, 0.29) is 0 Å². The Bertz CT molecular complexity index is 533. The molecule has 0 aliphatic carbocycles. The number of aromatic nitrogens is 2. The van der Waals surface area contributed by atoms with Crippen molar-refractivity contribution in [3.63, 3.8) is 0 Å². The second kappa shape index (κ2) is 4.37. The van der Waals surface area contributed by atoms with Gasteiger partial charge in [0.2, 0.25) is 0 Å². The van der Waals surface area contributed by atoms with Crippen LogP contribution in [0.15, 0.2) is 24.3 Å². The summed E-state index contributed by atoms with van der Waals surface area (Å²) in [6.07, 6.45) is 0. The molecule has 0 aliphatic heterocycles. The highest BCUT2D eigenvalue weighted by atomic mass is 16.5. The van der Waals surface area contributed by atoms with E-state index in [1.165, 1.54) is 0 Å². The molecule has 90 valence electrons. The van der Waals surface area contributed by atoms with E-state index in [2.05, 4.69) is 10.4 Å². The molecule has 3 N–H and O–H groups in total. The standard InChI is InChI=1S/C12H16N4O/c1-8-11(13)12(16(2)15-8)14-9-5-4-6-10(7-9)17-3/h4-7,14H,13H2,1-3H3. The summed E-state index contributed by atoms with van der Waals surface area (Å²) in [7, 11) is 3.49. The molecule has 0 amide bonds. The number of nitrogens with two attached hydrogens (primary N) is 1. The summed E-state index contributed by atoms with van der Waals surface area (Å²) in [5.41, 5.74) is 8.34. The van der Waals surface area contributed by atoms with Gasteiger partial charge in [0.15, 0.2) is 5.82 Å². The highest BCUT2D eigenvalue weighted by Gasteiger charge is 2.09. The Morgan fingerprint density at radius 1 is 1.41 bits per heavy atom. The molecule has 0 saturated heterocycles. The topological polar surface area (TPSA) is 65.1 Å². The lowest BCUT2D eigenvalue weighted by molar-refractivity contribution is 0.415. The van der Waals surface area contributed by atoms with Crippen molar-refractivity contribution >= 4 is 17.2 Å². The van der Waals surface area contributed by atoms with Gasteiger partial charge in [-0.2, -0.15) is 5.10 Å². The number of hydrogen-bond donors (Lipinski definition) is 2. The van der Waals surface area contributed by atoms with Gasteiger partial charge in [0.05, 0.1) is 18.5 Å². The van der Waals surface area contributed by atoms with Gasteiger partial charge in [0.1, 0.15) is 5.75 Å². The average molecular weight is 232 g/mol. The lowest BCUT2D eigenvalue weighted by Crippen LogP contribution is -2.01. The molecule has 0 atom stereocenters. The van der Waals surface area contributed by atoms with Crippen LogP contribution in [0.5, 0.6) is 5.75 Å². The van der Waals surface area contributed by atoms with Gasteiger partial charge in [0.25, 0.3) is 0 Å². The number of anilines is 3. The molecule has 5 heteroatoms. The van der Waals surface area contributed by atoms with Crippen LogP contribution in [-0.2, 0) is 7.05 Å². The Morgan fingerprint density at radius 3 is 2.76 bits per heavy atom. The van der Waals surface area contributed by atoms with Gasteiger partial charge in [0, 0.05) is 18.8 Å². The first-order valence-electron chi connectivity index (χ1n) is 5.32. The fraction of sp³-hybridized carbons (Fsp3) is 0.250. The van der Waals surface area contributed by atoms with Crippen molar-refractivity contribution in [1.29, 1.82) is 0 Å². The van der Waals surface area contributed by atoms with E-state index in [4.69, 9.17) is 10.5 Å². The SMILES string of the molecule is COc1cccc(Nc2c(N)c(C)nn2C)c1. The van der Waals surface area contributed by atoms with Gasteiger partial charge in [-0.1, -0.05) is 6.07 Å². The third-order valence-electron chi connectivity index (χ3n) is 2.60. The molecule has 0 saturated carbocycles. The maximum absolute atomic E-state index is 5.94. The number of methoxy groups -OCH3 is 1. The van der Waals surface area contributed by atoms with Crippen molar-refractivity contribution in [2.45, 2.75) is 6.92 Å². The summed E-state index contributed by atoms with van der Waals surface area (Å²) in [6.45, 7) is 1.88. The molecular weight excluding hydrogens is 216 g/mol. The second-order valence-electron chi connectivity index (χ2n) is 3.83. The van der Waals surface area contributed by atoms with Crippen LogP contribution in [0.3, 0.4) is 0 Å². The van der Waals surface area contributed by atoms with Gasteiger partial charge in [-0.25, -0.2) is 0 Å².